The van der Waals surface area contributed by atoms with Gasteiger partial charge in [0.05, 0.1) is 0 Å². The Morgan fingerprint density at radius 2 is 2.05 bits per heavy atom. The number of amides is 1. The lowest BCUT2D eigenvalue weighted by Gasteiger charge is -2.15. The molecule has 1 aliphatic carbocycles. The fraction of sp³-hybridized carbons (Fsp3) is 0.562. The highest BCUT2D eigenvalue weighted by molar-refractivity contribution is 7.99. The maximum absolute atomic E-state index is 11.9. The van der Waals surface area contributed by atoms with Crippen molar-refractivity contribution in [3.05, 3.63) is 29.3 Å². The van der Waals surface area contributed by atoms with Crippen LogP contribution in [0, 0.1) is 0 Å². The van der Waals surface area contributed by atoms with Crippen LogP contribution >= 0.6 is 23.4 Å². The van der Waals surface area contributed by atoms with Gasteiger partial charge in [-0.25, -0.2) is 0 Å². The predicted molar refractivity (Wildman–Crippen MR) is 89.3 cm³/mol. The Kier molecular flexibility index (Phi) is 6.71. The smallest absolute Gasteiger partial charge is 0.260 e. The average molecular weight is 328 g/mol. The van der Waals surface area contributed by atoms with Crippen LogP contribution in [0.4, 0.5) is 0 Å². The number of benzene rings is 1. The molecule has 1 atom stereocenters. The van der Waals surface area contributed by atoms with Crippen LogP contribution in [-0.4, -0.2) is 29.6 Å². The lowest BCUT2D eigenvalue weighted by molar-refractivity contribution is -0.127. The zero-order valence-corrected chi connectivity index (χ0v) is 13.9. The van der Waals surface area contributed by atoms with Gasteiger partial charge in [0.2, 0.25) is 0 Å². The Balaban J connectivity index is 1.63. The third-order valence-corrected chi connectivity index (χ3v) is 5.19. The molecule has 21 heavy (non-hydrogen) atoms. The molecule has 1 aromatic carbocycles. The molecule has 1 amide bonds. The molecule has 0 spiro atoms. The van der Waals surface area contributed by atoms with Crippen molar-refractivity contribution in [3.8, 4) is 5.75 Å². The second-order valence-electron chi connectivity index (χ2n) is 5.28. The van der Waals surface area contributed by atoms with Crippen LogP contribution < -0.4 is 10.1 Å². The molecular weight excluding hydrogens is 306 g/mol. The monoisotopic (exact) mass is 327 g/mol. The lowest BCUT2D eigenvalue weighted by Crippen LogP contribution is -2.37. The van der Waals surface area contributed by atoms with Crippen LogP contribution in [0.5, 0.6) is 5.75 Å². The van der Waals surface area contributed by atoms with E-state index in [0.29, 0.717) is 17.3 Å². The molecule has 3 nitrogen and oxygen atoms in total. The predicted octanol–water partition coefficient (Wildman–Crippen LogP) is 3.90. The summed E-state index contributed by atoms with van der Waals surface area (Å²) in [6, 6.07) is 7.03. The first-order chi connectivity index (χ1) is 10.1. The van der Waals surface area contributed by atoms with Gasteiger partial charge >= 0.3 is 0 Å². The summed E-state index contributed by atoms with van der Waals surface area (Å²) >= 11 is 7.79. The van der Waals surface area contributed by atoms with Crippen LogP contribution in [0.3, 0.4) is 0 Å². The topological polar surface area (TPSA) is 38.3 Å². The van der Waals surface area contributed by atoms with E-state index in [-0.39, 0.29) is 5.91 Å². The van der Waals surface area contributed by atoms with Crippen molar-refractivity contribution < 1.29 is 9.53 Å². The van der Waals surface area contributed by atoms with Crippen LogP contribution in [0.25, 0.3) is 0 Å². The SMILES string of the molecule is C[C@H](Oc1ccc(Cl)cc1)C(=O)NCCSC1CCCC1. The minimum absolute atomic E-state index is 0.0722. The lowest BCUT2D eigenvalue weighted by atomic mass is 10.3. The highest BCUT2D eigenvalue weighted by Crippen LogP contribution is 2.28. The fourth-order valence-electron chi connectivity index (χ4n) is 2.37. The quantitative estimate of drug-likeness (QED) is 0.772. The number of rotatable bonds is 7. The van der Waals surface area contributed by atoms with E-state index in [4.69, 9.17) is 16.3 Å². The second-order valence-corrected chi connectivity index (χ2v) is 7.13. The van der Waals surface area contributed by atoms with E-state index in [9.17, 15) is 4.79 Å². The summed E-state index contributed by atoms with van der Waals surface area (Å²) in [5.74, 6) is 1.56. The Bertz CT molecular complexity index is 446. The Labute approximate surface area is 135 Å². The number of hydrogen-bond acceptors (Lipinski definition) is 3. The Hall–Kier alpha value is -0.870. The number of nitrogens with one attached hydrogen (secondary N) is 1. The molecule has 1 aromatic rings. The molecule has 116 valence electrons. The standard InChI is InChI=1S/C16H22ClNO2S/c1-12(20-14-8-6-13(17)7-9-14)16(19)18-10-11-21-15-4-2-3-5-15/h6-9,12,15H,2-5,10-11H2,1H3,(H,18,19)/t12-/m0/s1. The number of halogens is 1. The van der Waals surface area contributed by atoms with E-state index in [0.717, 1.165) is 11.0 Å². The first kappa shape index (κ1) is 16.5. The highest BCUT2D eigenvalue weighted by Gasteiger charge is 2.16. The molecule has 1 N–H and O–H groups in total. The van der Waals surface area contributed by atoms with E-state index in [2.05, 4.69) is 5.32 Å². The zero-order chi connectivity index (χ0) is 15.1. The van der Waals surface area contributed by atoms with Crippen molar-refractivity contribution >= 4 is 29.3 Å². The molecule has 2 rings (SSSR count). The summed E-state index contributed by atoms with van der Waals surface area (Å²) in [7, 11) is 0. The molecular formula is C16H22ClNO2S. The Morgan fingerprint density at radius 3 is 2.71 bits per heavy atom. The molecule has 5 heteroatoms. The normalized spacial score (nSPS) is 16.7. The van der Waals surface area contributed by atoms with Crippen molar-refractivity contribution in [2.45, 2.75) is 44.0 Å². The third kappa shape index (κ3) is 5.79. The summed E-state index contributed by atoms with van der Waals surface area (Å²) in [5.41, 5.74) is 0. The number of ether oxygens (including phenoxy) is 1. The van der Waals surface area contributed by atoms with Gasteiger partial charge in [-0.3, -0.25) is 4.79 Å². The van der Waals surface area contributed by atoms with Crippen LogP contribution in [0.1, 0.15) is 32.6 Å². The first-order valence-electron chi connectivity index (χ1n) is 7.46. The third-order valence-electron chi connectivity index (χ3n) is 3.55. The number of thioether (sulfide) groups is 1. The summed E-state index contributed by atoms with van der Waals surface area (Å²) in [4.78, 5) is 11.9. The largest absolute Gasteiger partial charge is 0.481 e. The molecule has 1 fully saturated rings. The van der Waals surface area contributed by atoms with Gasteiger partial charge in [0.1, 0.15) is 5.75 Å². The van der Waals surface area contributed by atoms with Crippen molar-refractivity contribution in [1.29, 1.82) is 0 Å². The van der Waals surface area contributed by atoms with Crippen molar-refractivity contribution in [2.75, 3.05) is 12.3 Å². The number of hydrogen-bond donors (Lipinski definition) is 1. The summed E-state index contributed by atoms with van der Waals surface area (Å²) < 4.78 is 5.58. The molecule has 0 aliphatic heterocycles. The van der Waals surface area contributed by atoms with Gasteiger partial charge in [-0.1, -0.05) is 24.4 Å². The minimum atomic E-state index is -0.498. The molecule has 0 heterocycles. The number of carbonyl (C=O) groups is 1. The summed E-state index contributed by atoms with van der Waals surface area (Å²) in [6.45, 7) is 2.46. The number of carbonyl (C=O) groups excluding carboxylic acids is 1. The van der Waals surface area contributed by atoms with Crippen molar-refractivity contribution in [1.82, 2.24) is 5.32 Å². The maximum Gasteiger partial charge on any atom is 0.260 e. The van der Waals surface area contributed by atoms with E-state index >= 15 is 0 Å². The molecule has 1 aliphatic rings. The second kappa shape index (κ2) is 8.54. The van der Waals surface area contributed by atoms with Gasteiger partial charge in [-0.15, -0.1) is 0 Å². The molecule has 0 saturated heterocycles. The van der Waals surface area contributed by atoms with Crippen molar-refractivity contribution in [2.24, 2.45) is 0 Å². The molecule has 0 radical (unpaired) electrons. The van der Waals surface area contributed by atoms with Gasteiger partial charge in [-0.05, 0) is 44.0 Å². The van der Waals surface area contributed by atoms with E-state index in [1.54, 1.807) is 31.2 Å². The van der Waals surface area contributed by atoms with Gasteiger partial charge in [0.15, 0.2) is 6.10 Å². The minimum Gasteiger partial charge on any atom is -0.481 e. The van der Waals surface area contributed by atoms with Crippen LogP contribution in [-0.2, 0) is 4.79 Å². The average Bonchev–Trinajstić information content (AvgIpc) is 2.99. The van der Waals surface area contributed by atoms with E-state index in [1.807, 2.05) is 11.8 Å². The highest BCUT2D eigenvalue weighted by atomic mass is 35.5. The molecule has 1 saturated carbocycles. The van der Waals surface area contributed by atoms with Crippen molar-refractivity contribution in [3.63, 3.8) is 0 Å². The van der Waals surface area contributed by atoms with E-state index in [1.165, 1.54) is 25.7 Å². The summed E-state index contributed by atoms with van der Waals surface area (Å²) in [5, 5.41) is 4.38. The van der Waals surface area contributed by atoms with Gasteiger partial charge < -0.3 is 10.1 Å². The van der Waals surface area contributed by atoms with Crippen LogP contribution in [0.2, 0.25) is 5.02 Å². The molecule has 0 aromatic heterocycles. The van der Waals surface area contributed by atoms with Gasteiger partial charge in [0, 0.05) is 22.6 Å². The van der Waals surface area contributed by atoms with E-state index < -0.39 is 6.10 Å². The summed E-state index contributed by atoms with van der Waals surface area (Å²) in [6.07, 6.45) is 4.87. The van der Waals surface area contributed by atoms with Crippen LogP contribution in [0.15, 0.2) is 24.3 Å². The maximum atomic E-state index is 11.9. The molecule has 0 bridgehead atoms. The van der Waals surface area contributed by atoms with Gasteiger partial charge in [0.25, 0.3) is 5.91 Å². The van der Waals surface area contributed by atoms with Gasteiger partial charge in [-0.2, -0.15) is 11.8 Å². The fourth-order valence-corrected chi connectivity index (χ4v) is 3.72. The Morgan fingerprint density at radius 1 is 1.38 bits per heavy atom. The first-order valence-corrected chi connectivity index (χ1v) is 8.89. The molecule has 0 unspecified atom stereocenters. The zero-order valence-electron chi connectivity index (χ0n) is 12.3.